The molecule has 0 saturated heterocycles. The zero-order valence-corrected chi connectivity index (χ0v) is 11.2. The van der Waals surface area contributed by atoms with Crippen LogP contribution in [0.15, 0.2) is 16.6 Å². The van der Waals surface area contributed by atoms with Gasteiger partial charge in [-0.05, 0) is 28.1 Å². The summed E-state index contributed by atoms with van der Waals surface area (Å²) >= 11 is 15.1. The Morgan fingerprint density at radius 3 is 2.47 bits per heavy atom. The van der Waals surface area contributed by atoms with Crippen molar-refractivity contribution < 1.29 is 4.79 Å². The minimum Gasteiger partial charge on any atom is -0.331 e. The molecule has 3 nitrogen and oxygen atoms in total. The van der Waals surface area contributed by atoms with Crippen LogP contribution in [-0.4, -0.2) is 25.0 Å². The third-order valence-electron chi connectivity index (χ3n) is 1.68. The van der Waals surface area contributed by atoms with Crippen LogP contribution >= 0.6 is 39.1 Å². The Morgan fingerprint density at radius 1 is 1.33 bits per heavy atom. The van der Waals surface area contributed by atoms with Gasteiger partial charge in [0.05, 0.1) is 15.7 Å². The molecule has 0 bridgehead atoms. The highest BCUT2D eigenvalue weighted by molar-refractivity contribution is 9.10. The van der Waals surface area contributed by atoms with Crippen molar-refractivity contribution in [3.63, 3.8) is 0 Å². The molecular weight excluding hydrogens is 303 g/mol. The van der Waals surface area contributed by atoms with Crippen molar-refractivity contribution in [3.05, 3.63) is 26.7 Å². The number of hydrogen-bond donors (Lipinski definition) is 1. The Bertz CT molecular complexity index is 396. The molecular formula is C9H9BrCl2N2O. The molecule has 0 aliphatic carbocycles. The van der Waals surface area contributed by atoms with Crippen molar-refractivity contribution in [1.29, 1.82) is 0 Å². The lowest BCUT2D eigenvalue weighted by Crippen LogP contribution is -2.27. The first-order chi connectivity index (χ1) is 6.93. The van der Waals surface area contributed by atoms with Gasteiger partial charge in [-0.1, -0.05) is 23.2 Å². The molecule has 1 N–H and O–H groups in total. The van der Waals surface area contributed by atoms with Gasteiger partial charge in [0.15, 0.2) is 0 Å². The summed E-state index contributed by atoms with van der Waals surface area (Å²) < 4.78 is 0.692. The van der Waals surface area contributed by atoms with Crippen molar-refractivity contribution in [2.24, 2.45) is 0 Å². The maximum Gasteiger partial charge on any atom is 0.321 e. The van der Waals surface area contributed by atoms with E-state index < -0.39 is 0 Å². The Balaban J connectivity index is 2.97. The van der Waals surface area contributed by atoms with E-state index in [1.54, 1.807) is 26.2 Å². The van der Waals surface area contributed by atoms with E-state index in [9.17, 15) is 4.79 Å². The summed E-state index contributed by atoms with van der Waals surface area (Å²) in [4.78, 5) is 12.8. The van der Waals surface area contributed by atoms with Gasteiger partial charge < -0.3 is 10.2 Å². The molecule has 1 aromatic rings. The predicted molar refractivity (Wildman–Crippen MR) is 66.9 cm³/mol. The average Bonchev–Trinajstić information content (AvgIpc) is 2.18. The third-order valence-corrected chi connectivity index (χ3v) is 3.45. The molecule has 15 heavy (non-hydrogen) atoms. The van der Waals surface area contributed by atoms with E-state index >= 15 is 0 Å². The van der Waals surface area contributed by atoms with Gasteiger partial charge in [-0.3, -0.25) is 0 Å². The second-order valence-corrected chi connectivity index (χ2v) is 4.66. The second kappa shape index (κ2) is 5.05. The molecule has 0 atom stereocenters. The number of rotatable bonds is 1. The molecule has 0 aromatic heterocycles. The molecule has 0 fully saturated rings. The number of anilines is 1. The van der Waals surface area contributed by atoms with Crippen molar-refractivity contribution in [2.75, 3.05) is 19.4 Å². The Kier molecular flexibility index (Phi) is 4.25. The fourth-order valence-corrected chi connectivity index (χ4v) is 1.67. The van der Waals surface area contributed by atoms with Crippen molar-refractivity contribution in [1.82, 2.24) is 4.90 Å². The number of amides is 2. The number of nitrogens with zero attached hydrogens (tertiary/aromatic N) is 1. The quantitative estimate of drug-likeness (QED) is 0.785. The monoisotopic (exact) mass is 310 g/mol. The molecule has 0 radical (unpaired) electrons. The van der Waals surface area contributed by atoms with E-state index in [1.165, 1.54) is 4.90 Å². The first kappa shape index (κ1) is 12.6. The van der Waals surface area contributed by atoms with E-state index in [2.05, 4.69) is 21.2 Å². The number of halogens is 3. The van der Waals surface area contributed by atoms with Gasteiger partial charge in [0, 0.05) is 18.6 Å². The first-order valence-corrected chi connectivity index (χ1v) is 5.60. The van der Waals surface area contributed by atoms with E-state index in [4.69, 9.17) is 23.2 Å². The van der Waals surface area contributed by atoms with E-state index in [0.29, 0.717) is 20.2 Å². The highest BCUT2D eigenvalue weighted by Gasteiger charge is 2.11. The van der Waals surface area contributed by atoms with Crippen LogP contribution in [0.2, 0.25) is 10.0 Å². The van der Waals surface area contributed by atoms with Gasteiger partial charge >= 0.3 is 6.03 Å². The molecule has 6 heteroatoms. The van der Waals surface area contributed by atoms with Crippen LogP contribution < -0.4 is 5.32 Å². The lowest BCUT2D eigenvalue weighted by molar-refractivity contribution is 0.230. The number of nitrogens with one attached hydrogen (secondary N) is 1. The molecule has 0 heterocycles. The number of urea groups is 1. The Hall–Kier alpha value is -0.450. The first-order valence-electron chi connectivity index (χ1n) is 4.05. The molecule has 0 aliphatic heterocycles. The largest absolute Gasteiger partial charge is 0.331 e. The van der Waals surface area contributed by atoms with Gasteiger partial charge in [-0.2, -0.15) is 0 Å². The minimum atomic E-state index is -0.254. The highest BCUT2D eigenvalue weighted by Crippen LogP contribution is 2.35. The minimum absolute atomic E-state index is 0.254. The summed E-state index contributed by atoms with van der Waals surface area (Å²) in [6.45, 7) is 0. The maximum absolute atomic E-state index is 11.4. The van der Waals surface area contributed by atoms with Crippen LogP contribution in [0.3, 0.4) is 0 Å². The molecule has 1 aromatic carbocycles. The lowest BCUT2D eigenvalue weighted by atomic mass is 10.3. The van der Waals surface area contributed by atoms with Crippen LogP contribution in [0, 0.1) is 0 Å². The van der Waals surface area contributed by atoms with E-state index in [1.807, 2.05) is 0 Å². The fraction of sp³-hybridized carbons (Fsp3) is 0.222. The van der Waals surface area contributed by atoms with Crippen LogP contribution in [-0.2, 0) is 0 Å². The summed E-state index contributed by atoms with van der Waals surface area (Å²) in [5.41, 5.74) is 0.489. The molecule has 2 amide bonds. The van der Waals surface area contributed by atoms with Crippen LogP contribution in [0.5, 0.6) is 0 Å². The zero-order valence-electron chi connectivity index (χ0n) is 8.14. The molecule has 0 unspecified atom stereocenters. The summed E-state index contributed by atoms with van der Waals surface area (Å²) in [7, 11) is 3.29. The van der Waals surface area contributed by atoms with Crippen molar-refractivity contribution >= 4 is 50.9 Å². The normalized spacial score (nSPS) is 9.93. The SMILES string of the molecule is CN(C)C(=O)Nc1ccc(Br)c(Cl)c1Cl. The Morgan fingerprint density at radius 2 is 1.93 bits per heavy atom. The van der Waals surface area contributed by atoms with Crippen molar-refractivity contribution in [3.8, 4) is 0 Å². The van der Waals surface area contributed by atoms with Gasteiger partial charge in [0.2, 0.25) is 0 Å². The molecule has 82 valence electrons. The van der Waals surface area contributed by atoms with Gasteiger partial charge in [0.25, 0.3) is 0 Å². The van der Waals surface area contributed by atoms with Crippen LogP contribution in [0.25, 0.3) is 0 Å². The molecule has 1 rings (SSSR count). The third kappa shape index (κ3) is 3.00. The number of carbonyl (C=O) groups is 1. The molecule has 0 spiro atoms. The zero-order chi connectivity index (χ0) is 11.6. The lowest BCUT2D eigenvalue weighted by Gasteiger charge is -2.13. The van der Waals surface area contributed by atoms with Gasteiger partial charge in [0.1, 0.15) is 0 Å². The van der Waals surface area contributed by atoms with E-state index in [-0.39, 0.29) is 6.03 Å². The molecule has 0 saturated carbocycles. The Labute approximate surface area is 106 Å². The smallest absolute Gasteiger partial charge is 0.321 e. The maximum atomic E-state index is 11.4. The number of hydrogen-bond acceptors (Lipinski definition) is 1. The van der Waals surface area contributed by atoms with Crippen LogP contribution in [0.1, 0.15) is 0 Å². The summed E-state index contributed by atoms with van der Waals surface area (Å²) in [6, 6.07) is 3.15. The van der Waals surface area contributed by atoms with Crippen LogP contribution in [0.4, 0.5) is 10.5 Å². The summed E-state index contributed by atoms with van der Waals surface area (Å²) in [5.74, 6) is 0. The van der Waals surface area contributed by atoms with Crippen molar-refractivity contribution in [2.45, 2.75) is 0 Å². The topological polar surface area (TPSA) is 32.3 Å². The summed E-state index contributed by atoms with van der Waals surface area (Å²) in [6.07, 6.45) is 0. The number of benzene rings is 1. The number of carbonyl (C=O) groups excluding carboxylic acids is 1. The fourth-order valence-electron chi connectivity index (χ4n) is 0.849. The standard InChI is InChI=1S/C9H9BrCl2N2O/c1-14(2)9(15)13-6-4-3-5(10)7(11)8(6)12/h3-4H,1-2H3,(H,13,15). The van der Waals surface area contributed by atoms with E-state index in [0.717, 1.165) is 0 Å². The average molecular weight is 312 g/mol. The summed E-state index contributed by atoms with van der Waals surface area (Å²) in [5, 5.41) is 3.33. The molecule has 0 aliphatic rings. The van der Waals surface area contributed by atoms with Gasteiger partial charge in [-0.15, -0.1) is 0 Å². The second-order valence-electron chi connectivity index (χ2n) is 3.05. The highest BCUT2D eigenvalue weighted by atomic mass is 79.9. The van der Waals surface area contributed by atoms with Gasteiger partial charge in [-0.25, -0.2) is 4.79 Å². The predicted octanol–water partition coefficient (Wildman–Crippen LogP) is 3.85.